The molecule has 0 spiro atoms. The van der Waals surface area contributed by atoms with E-state index in [9.17, 15) is 8.42 Å². The van der Waals surface area contributed by atoms with Gasteiger partial charge in [-0.15, -0.1) is 0 Å². The third-order valence-corrected chi connectivity index (χ3v) is 5.65. The van der Waals surface area contributed by atoms with E-state index in [1.807, 2.05) is 31.3 Å². The van der Waals surface area contributed by atoms with Crippen LogP contribution in [0.15, 0.2) is 41.8 Å². The number of aromatic nitrogens is 3. The first-order chi connectivity index (χ1) is 12.1. The maximum absolute atomic E-state index is 11.6. The Bertz CT molecular complexity index is 832. The number of hydrogen-bond donors (Lipinski definition) is 2. The van der Waals surface area contributed by atoms with E-state index in [1.165, 1.54) is 0 Å². The third-order valence-electron chi connectivity index (χ3n) is 3.89. The second kappa shape index (κ2) is 7.64. The molecule has 1 atom stereocenters. The maximum Gasteiger partial charge on any atom is 0.191 e. The van der Waals surface area contributed by atoms with Crippen molar-refractivity contribution in [3.05, 3.63) is 42.4 Å². The van der Waals surface area contributed by atoms with Gasteiger partial charge in [0.05, 0.1) is 18.1 Å². The molecule has 9 heteroatoms. The van der Waals surface area contributed by atoms with Gasteiger partial charge in [0.2, 0.25) is 0 Å². The van der Waals surface area contributed by atoms with Crippen molar-refractivity contribution in [2.75, 3.05) is 18.1 Å². The van der Waals surface area contributed by atoms with E-state index in [1.54, 1.807) is 17.1 Å². The Morgan fingerprint density at radius 2 is 2.32 bits per heavy atom. The lowest BCUT2D eigenvalue weighted by Crippen LogP contribution is -2.44. The van der Waals surface area contributed by atoms with Crippen LogP contribution < -0.4 is 10.6 Å². The second-order valence-electron chi connectivity index (χ2n) is 5.91. The summed E-state index contributed by atoms with van der Waals surface area (Å²) < 4.78 is 24.9. The first-order valence-electron chi connectivity index (χ1n) is 8.26. The lowest BCUT2D eigenvalue weighted by molar-refractivity contribution is 0.599. The molecule has 2 aromatic rings. The summed E-state index contributed by atoms with van der Waals surface area (Å²) in [5.74, 6) is 1.76. The number of aliphatic imine (C=N–C) groups is 1. The van der Waals surface area contributed by atoms with Crippen LogP contribution in [-0.4, -0.2) is 53.2 Å². The van der Waals surface area contributed by atoms with Gasteiger partial charge < -0.3 is 10.6 Å². The van der Waals surface area contributed by atoms with Gasteiger partial charge in [-0.1, -0.05) is 0 Å². The molecule has 25 heavy (non-hydrogen) atoms. The van der Waals surface area contributed by atoms with Crippen molar-refractivity contribution in [3.63, 3.8) is 0 Å². The minimum absolute atomic E-state index is 0.0834. The topological polar surface area (TPSA) is 101 Å². The second-order valence-corrected chi connectivity index (χ2v) is 8.14. The van der Waals surface area contributed by atoms with Crippen LogP contribution in [0.3, 0.4) is 0 Å². The molecular weight excluding hydrogens is 340 g/mol. The summed E-state index contributed by atoms with van der Waals surface area (Å²) in [6.45, 7) is 3.15. The molecule has 0 saturated carbocycles. The van der Waals surface area contributed by atoms with Crippen LogP contribution in [0, 0.1) is 0 Å². The predicted octanol–water partition coefficient (Wildman–Crippen LogP) is 0.510. The van der Waals surface area contributed by atoms with Crippen LogP contribution in [0.25, 0.3) is 5.82 Å². The van der Waals surface area contributed by atoms with Gasteiger partial charge in [0, 0.05) is 31.2 Å². The highest BCUT2D eigenvalue weighted by atomic mass is 32.2. The molecule has 2 aromatic heterocycles. The van der Waals surface area contributed by atoms with Gasteiger partial charge in [-0.25, -0.2) is 23.1 Å². The zero-order valence-electron chi connectivity index (χ0n) is 14.1. The summed E-state index contributed by atoms with van der Waals surface area (Å²) in [5.41, 5.74) is 0.997. The lowest BCUT2D eigenvalue weighted by Gasteiger charge is -2.15. The zero-order chi connectivity index (χ0) is 17.7. The fourth-order valence-electron chi connectivity index (χ4n) is 2.68. The normalized spacial score (nSPS) is 19.7. The highest BCUT2D eigenvalue weighted by Gasteiger charge is 2.28. The van der Waals surface area contributed by atoms with E-state index in [-0.39, 0.29) is 17.5 Å². The Labute approximate surface area is 147 Å². The third kappa shape index (κ3) is 4.79. The quantitative estimate of drug-likeness (QED) is 0.594. The number of rotatable bonds is 5. The number of hydrogen-bond acceptors (Lipinski definition) is 5. The molecule has 0 radical (unpaired) electrons. The predicted molar refractivity (Wildman–Crippen MR) is 96.4 cm³/mol. The summed E-state index contributed by atoms with van der Waals surface area (Å²) in [7, 11) is -2.92. The van der Waals surface area contributed by atoms with Gasteiger partial charge in [0.25, 0.3) is 0 Å². The number of nitrogens with zero attached hydrogens (tertiary/aromatic N) is 4. The summed E-state index contributed by atoms with van der Waals surface area (Å²) in [6, 6.07) is 5.59. The molecule has 3 rings (SSSR count). The van der Waals surface area contributed by atoms with E-state index >= 15 is 0 Å². The summed E-state index contributed by atoms with van der Waals surface area (Å²) in [6.07, 6.45) is 5.88. The minimum atomic E-state index is -2.92. The molecule has 0 amide bonds. The molecule has 134 valence electrons. The fraction of sp³-hybridized carbons (Fsp3) is 0.438. The van der Waals surface area contributed by atoms with Gasteiger partial charge >= 0.3 is 0 Å². The van der Waals surface area contributed by atoms with Crippen molar-refractivity contribution >= 4 is 15.8 Å². The van der Waals surface area contributed by atoms with Crippen LogP contribution in [-0.2, 0) is 16.4 Å². The first-order valence-corrected chi connectivity index (χ1v) is 10.1. The average molecular weight is 362 g/mol. The Morgan fingerprint density at radius 1 is 1.44 bits per heavy atom. The van der Waals surface area contributed by atoms with E-state index in [4.69, 9.17) is 0 Å². The van der Waals surface area contributed by atoms with Crippen LogP contribution in [0.2, 0.25) is 0 Å². The summed E-state index contributed by atoms with van der Waals surface area (Å²) >= 11 is 0. The molecule has 0 aliphatic carbocycles. The van der Waals surface area contributed by atoms with Crippen molar-refractivity contribution in [1.82, 2.24) is 25.4 Å². The lowest BCUT2D eigenvalue weighted by atomic mass is 10.2. The number of sulfone groups is 1. The molecule has 3 heterocycles. The molecular formula is C16H22N6O2S. The molecule has 1 fully saturated rings. The maximum atomic E-state index is 11.6. The highest BCUT2D eigenvalue weighted by molar-refractivity contribution is 7.91. The Morgan fingerprint density at radius 3 is 3.00 bits per heavy atom. The van der Waals surface area contributed by atoms with Crippen molar-refractivity contribution in [1.29, 1.82) is 0 Å². The summed E-state index contributed by atoms with van der Waals surface area (Å²) in [5, 5.41) is 10.5. The van der Waals surface area contributed by atoms with Gasteiger partial charge in [-0.05, 0) is 37.1 Å². The molecule has 1 saturated heterocycles. The molecule has 8 nitrogen and oxygen atoms in total. The number of guanidine groups is 1. The van der Waals surface area contributed by atoms with Crippen molar-refractivity contribution in [3.8, 4) is 5.82 Å². The number of pyridine rings is 1. The first kappa shape index (κ1) is 17.4. The SMILES string of the molecule is CCNC(=NCc1ccnc(-n2cccn2)c1)NC1CCS(=O)(=O)C1. The molecule has 0 aromatic carbocycles. The van der Waals surface area contributed by atoms with Crippen LogP contribution in [0.1, 0.15) is 18.9 Å². The van der Waals surface area contributed by atoms with Gasteiger partial charge in [-0.3, -0.25) is 0 Å². The van der Waals surface area contributed by atoms with E-state index in [0.717, 1.165) is 11.4 Å². The Balaban J connectivity index is 1.68. The standard InChI is InChI=1S/C16H22N6O2S/c1-2-17-16(21-14-5-9-25(23,24)12-14)19-11-13-4-7-18-15(10-13)22-8-3-6-20-22/h3-4,6-8,10,14H,2,5,9,11-12H2,1H3,(H2,17,19,21). The molecule has 1 unspecified atom stereocenters. The largest absolute Gasteiger partial charge is 0.357 e. The summed E-state index contributed by atoms with van der Waals surface area (Å²) in [4.78, 5) is 8.86. The van der Waals surface area contributed by atoms with Crippen LogP contribution in [0.4, 0.5) is 0 Å². The monoisotopic (exact) mass is 362 g/mol. The molecule has 2 N–H and O–H groups in total. The van der Waals surface area contributed by atoms with Gasteiger partial charge in [0.1, 0.15) is 0 Å². The highest BCUT2D eigenvalue weighted by Crippen LogP contribution is 2.11. The molecule has 1 aliphatic heterocycles. The van der Waals surface area contributed by atoms with E-state index in [0.29, 0.717) is 25.5 Å². The zero-order valence-corrected chi connectivity index (χ0v) is 14.9. The van der Waals surface area contributed by atoms with Gasteiger partial charge in [-0.2, -0.15) is 5.10 Å². The smallest absolute Gasteiger partial charge is 0.191 e. The van der Waals surface area contributed by atoms with E-state index < -0.39 is 9.84 Å². The van der Waals surface area contributed by atoms with Crippen LogP contribution in [0.5, 0.6) is 0 Å². The van der Waals surface area contributed by atoms with Crippen molar-refractivity contribution in [2.24, 2.45) is 4.99 Å². The van der Waals surface area contributed by atoms with Crippen LogP contribution >= 0.6 is 0 Å². The molecule has 0 bridgehead atoms. The Hall–Kier alpha value is -2.42. The fourth-order valence-corrected chi connectivity index (χ4v) is 4.35. The molecule has 1 aliphatic rings. The van der Waals surface area contributed by atoms with Crippen molar-refractivity contribution < 1.29 is 8.42 Å². The van der Waals surface area contributed by atoms with Gasteiger partial charge in [0.15, 0.2) is 21.6 Å². The average Bonchev–Trinajstić information content (AvgIpc) is 3.23. The number of nitrogens with one attached hydrogen (secondary N) is 2. The minimum Gasteiger partial charge on any atom is -0.357 e. The van der Waals surface area contributed by atoms with E-state index in [2.05, 4.69) is 25.7 Å². The Kier molecular flexibility index (Phi) is 5.32. The van der Waals surface area contributed by atoms with Crippen molar-refractivity contribution in [2.45, 2.75) is 25.9 Å².